The quantitative estimate of drug-likeness (QED) is 0.812. The van der Waals surface area contributed by atoms with Crippen LogP contribution >= 0.6 is 0 Å². The third-order valence-corrected chi connectivity index (χ3v) is 5.46. The second-order valence-corrected chi connectivity index (χ2v) is 7.94. The van der Waals surface area contributed by atoms with Crippen LogP contribution < -0.4 is 5.32 Å². The average molecular weight is 296 g/mol. The number of aliphatic hydroxyl groups is 1. The zero-order chi connectivity index (χ0) is 14.8. The number of hydrogen-bond acceptors (Lipinski definition) is 4. The molecule has 2 saturated heterocycles. The lowest BCUT2D eigenvalue weighted by atomic mass is 9.81. The predicted molar refractivity (Wildman–Crippen MR) is 84.4 cm³/mol. The van der Waals surface area contributed by atoms with Gasteiger partial charge in [-0.15, -0.1) is 0 Å². The van der Waals surface area contributed by atoms with Gasteiger partial charge in [0.1, 0.15) is 0 Å². The Hall–Kier alpha value is -0.160. The summed E-state index contributed by atoms with van der Waals surface area (Å²) in [5.74, 6) is 0. The molecule has 1 aliphatic carbocycles. The van der Waals surface area contributed by atoms with E-state index in [0.717, 1.165) is 64.7 Å². The molecule has 2 unspecified atom stereocenters. The van der Waals surface area contributed by atoms with Crippen molar-refractivity contribution in [3.05, 3.63) is 0 Å². The van der Waals surface area contributed by atoms with Crippen LogP contribution in [-0.4, -0.2) is 61.0 Å². The van der Waals surface area contributed by atoms with Crippen LogP contribution in [0.1, 0.15) is 51.9 Å². The molecule has 3 aliphatic rings. The lowest BCUT2D eigenvalue weighted by Gasteiger charge is -2.41. The van der Waals surface area contributed by atoms with E-state index in [1.165, 1.54) is 25.7 Å². The molecular weight excluding hydrogens is 264 g/mol. The topological polar surface area (TPSA) is 44.7 Å². The van der Waals surface area contributed by atoms with Gasteiger partial charge in [-0.1, -0.05) is 0 Å². The third kappa shape index (κ3) is 4.65. The minimum atomic E-state index is -0.461. The van der Waals surface area contributed by atoms with E-state index in [4.69, 9.17) is 4.74 Å². The molecule has 3 fully saturated rings. The summed E-state index contributed by atoms with van der Waals surface area (Å²) in [5, 5.41) is 14.0. The summed E-state index contributed by atoms with van der Waals surface area (Å²) >= 11 is 0. The molecule has 0 bridgehead atoms. The fourth-order valence-electron chi connectivity index (χ4n) is 3.83. The summed E-state index contributed by atoms with van der Waals surface area (Å²) in [7, 11) is 0. The van der Waals surface area contributed by atoms with Crippen LogP contribution in [0.3, 0.4) is 0 Å². The minimum Gasteiger partial charge on any atom is -0.390 e. The minimum absolute atomic E-state index is 0.289. The number of hydrogen-bond donors (Lipinski definition) is 2. The van der Waals surface area contributed by atoms with Crippen LogP contribution in [-0.2, 0) is 4.74 Å². The molecule has 0 spiro atoms. The highest BCUT2D eigenvalue weighted by molar-refractivity contribution is 4.92. The van der Waals surface area contributed by atoms with Crippen molar-refractivity contribution >= 4 is 0 Å². The van der Waals surface area contributed by atoms with Crippen molar-refractivity contribution in [1.29, 1.82) is 0 Å². The summed E-state index contributed by atoms with van der Waals surface area (Å²) < 4.78 is 5.84. The molecule has 3 rings (SSSR count). The highest BCUT2D eigenvalue weighted by Gasteiger charge is 2.37. The largest absolute Gasteiger partial charge is 0.390 e. The van der Waals surface area contributed by atoms with Crippen molar-refractivity contribution in [2.45, 2.75) is 63.5 Å². The van der Waals surface area contributed by atoms with E-state index in [-0.39, 0.29) is 5.41 Å². The molecule has 0 aromatic heterocycles. The highest BCUT2D eigenvalue weighted by atomic mass is 16.5. The van der Waals surface area contributed by atoms with Crippen molar-refractivity contribution in [2.75, 3.05) is 39.4 Å². The number of likely N-dealkylation sites (tertiary alicyclic amines) is 1. The van der Waals surface area contributed by atoms with Crippen LogP contribution in [0.5, 0.6) is 0 Å². The van der Waals surface area contributed by atoms with E-state index in [9.17, 15) is 5.11 Å². The molecule has 2 atom stereocenters. The molecule has 2 aliphatic heterocycles. The van der Waals surface area contributed by atoms with Crippen molar-refractivity contribution in [3.63, 3.8) is 0 Å². The van der Waals surface area contributed by atoms with E-state index < -0.39 is 5.60 Å². The van der Waals surface area contributed by atoms with E-state index in [1.807, 2.05) is 6.92 Å². The first kappa shape index (κ1) is 15.7. The summed E-state index contributed by atoms with van der Waals surface area (Å²) in [6, 6.07) is 0.772. The summed E-state index contributed by atoms with van der Waals surface area (Å²) in [6.07, 6.45) is 8.12. The van der Waals surface area contributed by atoms with Crippen molar-refractivity contribution in [3.8, 4) is 0 Å². The van der Waals surface area contributed by atoms with Crippen LogP contribution in [0, 0.1) is 5.41 Å². The van der Waals surface area contributed by atoms with Gasteiger partial charge in [0, 0.05) is 37.7 Å². The molecule has 0 radical (unpaired) electrons. The van der Waals surface area contributed by atoms with Gasteiger partial charge in [-0.25, -0.2) is 0 Å². The Kier molecular flexibility index (Phi) is 4.89. The van der Waals surface area contributed by atoms with Crippen LogP contribution in [0.2, 0.25) is 0 Å². The maximum absolute atomic E-state index is 10.3. The van der Waals surface area contributed by atoms with Crippen molar-refractivity contribution in [2.24, 2.45) is 5.41 Å². The SMILES string of the molecule is CC1(O)CCCN(CC2(CNC3CC3)CCCOC2)CC1. The Morgan fingerprint density at radius 2 is 2.05 bits per heavy atom. The normalized spacial score (nSPS) is 39.1. The van der Waals surface area contributed by atoms with E-state index in [1.54, 1.807) is 0 Å². The molecule has 4 heteroatoms. The van der Waals surface area contributed by atoms with Crippen molar-refractivity contribution in [1.82, 2.24) is 10.2 Å². The second-order valence-electron chi connectivity index (χ2n) is 7.94. The van der Waals surface area contributed by atoms with Gasteiger partial charge in [0.05, 0.1) is 12.2 Å². The van der Waals surface area contributed by atoms with Crippen molar-refractivity contribution < 1.29 is 9.84 Å². The first-order valence-corrected chi connectivity index (χ1v) is 8.83. The van der Waals surface area contributed by atoms with Gasteiger partial charge in [0.2, 0.25) is 0 Å². The predicted octanol–water partition coefficient (Wildman–Crippen LogP) is 1.77. The zero-order valence-electron chi connectivity index (χ0n) is 13.6. The molecule has 21 heavy (non-hydrogen) atoms. The number of rotatable bonds is 5. The molecule has 2 heterocycles. The highest BCUT2D eigenvalue weighted by Crippen LogP contribution is 2.32. The Bertz CT molecular complexity index is 336. The average Bonchev–Trinajstić information content (AvgIpc) is 3.28. The number of ether oxygens (including phenoxy) is 1. The molecule has 0 aromatic rings. The molecular formula is C17H32N2O2. The Morgan fingerprint density at radius 3 is 2.76 bits per heavy atom. The maximum atomic E-state index is 10.3. The number of nitrogens with one attached hydrogen (secondary N) is 1. The van der Waals surface area contributed by atoms with Gasteiger partial charge < -0.3 is 20.1 Å². The smallest absolute Gasteiger partial charge is 0.0632 e. The summed E-state index contributed by atoms with van der Waals surface area (Å²) in [6.45, 7) is 8.21. The first-order valence-electron chi connectivity index (χ1n) is 8.83. The Balaban J connectivity index is 1.57. The summed E-state index contributed by atoms with van der Waals surface area (Å²) in [5.41, 5.74) is -0.172. The monoisotopic (exact) mass is 296 g/mol. The molecule has 2 N–H and O–H groups in total. The molecule has 4 nitrogen and oxygen atoms in total. The lowest BCUT2D eigenvalue weighted by Crippen LogP contribution is -2.49. The fraction of sp³-hybridized carbons (Fsp3) is 1.00. The lowest BCUT2D eigenvalue weighted by molar-refractivity contribution is -0.0273. The van der Waals surface area contributed by atoms with Crippen LogP contribution in [0.4, 0.5) is 0 Å². The summed E-state index contributed by atoms with van der Waals surface area (Å²) in [4.78, 5) is 2.57. The Morgan fingerprint density at radius 1 is 1.19 bits per heavy atom. The van der Waals surface area contributed by atoms with Gasteiger partial charge in [0.15, 0.2) is 0 Å². The molecule has 1 saturated carbocycles. The van der Waals surface area contributed by atoms with E-state index in [2.05, 4.69) is 10.2 Å². The van der Waals surface area contributed by atoms with E-state index in [0.29, 0.717) is 0 Å². The fourth-order valence-corrected chi connectivity index (χ4v) is 3.83. The van der Waals surface area contributed by atoms with Crippen LogP contribution in [0.25, 0.3) is 0 Å². The number of nitrogens with zero attached hydrogens (tertiary/aromatic N) is 1. The third-order valence-electron chi connectivity index (χ3n) is 5.46. The second kappa shape index (κ2) is 6.53. The van der Waals surface area contributed by atoms with E-state index >= 15 is 0 Å². The molecule has 122 valence electrons. The van der Waals surface area contributed by atoms with Gasteiger partial charge in [-0.3, -0.25) is 0 Å². The van der Waals surface area contributed by atoms with Crippen LogP contribution in [0.15, 0.2) is 0 Å². The standard InChI is InChI=1S/C17H32N2O2/c1-16(20)6-2-9-19(10-8-16)13-17(7-3-11-21-14-17)12-18-15-4-5-15/h15,18,20H,2-14H2,1H3. The van der Waals surface area contributed by atoms with Gasteiger partial charge >= 0.3 is 0 Å². The van der Waals surface area contributed by atoms with Gasteiger partial charge in [0.25, 0.3) is 0 Å². The zero-order valence-corrected chi connectivity index (χ0v) is 13.6. The molecule has 0 aromatic carbocycles. The van der Waals surface area contributed by atoms with Gasteiger partial charge in [-0.05, 0) is 58.4 Å². The molecule has 0 amide bonds. The Labute approximate surface area is 129 Å². The first-order chi connectivity index (χ1) is 10.1. The van der Waals surface area contributed by atoms with Gasteiger partial charge in [-0.2, -0.15) is 0 Å². The maximum Gasteiger partial charge on any atom is 0.0632 e.